The van der Waals surface area contributed by atoms with Crippen LogP contribution in [0.3, 0.4) is 0 Å². The second-order valence-electron chi connectivity index (χ2n) is 7.49. The van der Waals surface area contributed by atoms with Crippen LogP contribution in [0.4, 0.5) is 5.95 Å². The van der Waals surface area contributed by atoms with E-state index in [1.165, 1.54) is 11.8 Å². The zero-order valence-electron chi connectivity index (χ0n) is 16.7. The molecule has 0 atom stereocenters. The summed E-state index contributed by atoms with van der Waals surface area (Å²) in [6.07, 6.45) is 1.55. The number of benzene rings is 1. The molecule has 4 rings (SSSR count). The van der Waals surface area contributed by atoms with Crippen LogP contribution < -0.4 is 15.8 Å². The standard InChI is InChI=1S/C20H24N6O3/c1-12(2)29-11-17(27)21-7-13-4-5-14-9-26(10-15(14)6-13)20-23-18-16(19(28)24-20)8-22-25(18)3/h4-6,8,12H,7,9-11H2,1-3H3,(H,21,27)(H,23,24,28). The summed E-state index contributed by atoms with van der Waals surface area (Å²) in [6.45, 7) is 5.60. The molecule has 0 fully saturated rings. The Hall–Kier alpha value is -3.20. The summed E-state index contributed by atoms with van der Waals surface area (Å²) < 4.78 is 6.91. The highest BCUT2D eigenvalue weighted by molar-refractivity contribution is 5.77. The van der Waals surface area contributed by atoms with Crippen molar-refractivity contribution in [3.63, 3.8) is 0 Å². The van der Waals surface area contributed by atoms with Gasteiger partial charge in [0.1, 0.15) is 12.0 Å². The Bertz CT molecular complexity index is 1120. The first-order valence-corrected chi connectivity index (χ1v) is 9.56. The number of aryl methyl sites for hydroxylation is 1. The number of aromatic nitrogens is 4. The molecule has 1 aliphatic heterocycles. The smallest absolute Gasteiger partial charge is 0.263 e. The van der Waals surface area contributed by atoms with Gasteiger partial charge in [0, 0.05) is 26.7 Å². The molecule has 1 aliphatic rings. The van der Waals surface area contributed by atoms with E-state index in [0.717, 1.165) is 11.1 Å². The van der Waals surface area contributed by atoms with Crippen LogP contribution in [0.2, 0.25) is 0 Å². The summed E-state index contributed by atoms with van der Waals surface area (Å²) in [6, 6.07) is 6.15. The number of ether oxygens (including phenoxy) is 1. The molecule has 0 saturated carbocycles. The Kier molecular flexibility index (Phi) is 5.06. The van der Waals surface area contributed by atoms with E-state index < -0.39 is 0 Å². The number of nitrogens with one attached hydrogen (secondary N) is 2. The zero-order chi connectivity index (χ0) is 20.5. The molecule has 0 aliphatic carbocycles. The van der Waals surface area contributed by atoms with Gasteiger partial charge >= 0.3 is 0 Å². The number of carbonyl (C=O) groups excluding carboxylic acids is 1. The molecule has 3 aromatic rings. The highest BCUT2D eigenvalue weighted by Crippen LogP contribution is 2.27. The van der Waals surface area contributed by atoms with Gasteiger partial charge in [0.05, 0.1) is 12.3 Å². The molecule has 3 heterocycles. The van der Waals surface area contributed by atoms with Crippen LogP contribution in [-0.2, 0) is 36.2 Å². The average molecular weight is 396 g/mol. The molecule has 29 heavy (non-hydrogen) atoms. The molecule has 0 spiro atoms. The summed E-state index contributed by atoms with van der Waals surface area (Å²) in [7, 11) is 1.77. The van der Waals surface area contributed by atoms with Gasteiger partial charge < -0.3 is 15.0 Å². The fraction of sp³-hybridized carbons (Fsp3) is 0.400. The third-order valence-electron chi connectivity index (χ3n) is 4.92. The monoisotopic (exact) mass is 396 g/mol. The number of amides is 1. The quantitative estimate of drug-likeness (QED) is 0.649. The van der Waals surface area contributed by atoms with Crippen LogP contribution in [0.1, 0.15) is 30.5 Å². The fourth-order valence-electron chi connectivity index (χ4n) is 3.37. The lowest BCUT2D eigenvalue weighted by Gasteiger charge is -2.15. The first kappa shape index (κ1) is 19.1. The number of aromatic amines is 1. The molecule has 0 saturated heterocycles. The maximum atomic E-state index is 12.3. The van der Waals surface area contributed by atoms with Gasteiger partial charge in [0.25, 0.3) is 5.56 Å². The lowest BCUT2D eigenvalue weighted by atomic mass is 10.1. The summed E-state index contributed by atoms with van der Waals surface area (Å²) >= 11 is 0. The van der Waals surface area contributed by atoms with Gasteiger partial charge in [0.2, 0.25) is 11.9 Å². The molecule has 0 radical (unpaired) electrons. The van der Waals surface area contributed by atoms with Gasteiger partial charge in [0.15, 0.2) is 5.65 Å². The van der Waals surface area contributed by atoms with Crippen molar-refractivity contribution in [2.45, 2.75) is 39.6 Å². The maximum Gasteiger partial charge on any atom is 0.263 e. The van der Waals surface area contributed by atoms with Crippen LogP contribution in [0, 0.1) is 0 Å². The van der Waals surface area contributed by atoms with Crippen molar-refractivity contribution in [2.75, 3.05) is 11.5 Å². The Morgan fingerprint density at radius 1 is 1.31 bits per heavy atom. The minimum Gasteiger partial charge on any atom is -0.369 e. The van der Waals surface area contributed by atoms with Crippen molar-refractivity contribution in [3.05, 3.63) is 51.4 Å². The Morgan fingerprint density at radius 3 is 2.90 bits per heavy atom. The van der Waals surface area contributed by atoms with Crippen LogP contribution >= 0.6 is 0 Å². The molecule has 152 valence electrons. The van der Waals surface area contributed by atoms with E-state index in [0.29, 0.717) is 36.6 Å². The van der Waals surface area contributed by atoms with Gasteiger partial charge in [-0.2, -0.15) is 10.1 Å². The number of rotatable bonds is 6. The number of anilines is 1. The Morgan fingerprint density at radius 2 is 2.10 bits per heavy atom. The van der Waals surface area contributed by atoms with Gasteiger partial charge in [-0.3, -0.25) is 19.3 Å². The molecule has 1 amide bonds. The first-order valence-electron chi connectivity index (χ1n) is 9.56. The van der Waals surface area contributed by atoms with Crippen molar-refractivity contribution < 1.29 is 9.53 Å². The zero-order valence-corrected chi connectivity index (χ0v) is 16.7. The molecule has 0 unspecified atom stereocenters. The molecule has 2 N–H and O–H groups in total. The number of hydrogen-bond donors (Lipinski definition) is 2. The summed E-state index contributed by atoms with van der Waals surface area (Å²) in [5.74, 6) is 0.398. The highest BCUT2D eigenvalue weighted by atomic mass is 16.5. The lowest BCUT2D eigenvalue weighted by molar-refractivity contribution is -0.127. The number of fused-ring (bicyclic) bond motifs is 2. The van der Waals surface area contributed by atoms with Gasteiger partial charge in [-0.15, -0.1) is 0 Å². The van der Waals surface area contributed by atoms with E-state index in [9.17, 15) is 9.59 Å². The Balaban J connectivity index is 1.45. The topological polar surface area (TPSA) is 105 Å². The second-order valence-corrected chi connectivity index (χ2v) is 7.49. The predicted octanol–water partition coefficient (Wildman–Crippen LogP) is 1.22. The summed E-state index contributed by atoms with van der Waals surface area (Å²) in [5, 5.41) is 7.46. The van der Waals surface area contributed by atoms with E-state index in [1.54, 1.807) is 11.7 Å². The van der Waals surface area contributed by atoms with E-state index in [2.05, 4.69) is 32.5 Å². The molecular weight excluding hydrogens is 372 g/mol. The fourth-order valence-corrected chi connectivity index (χ4v) is 3.37. The molecule has 9 nitrogen and oxygen atoms in total. The molecule has 9 heteroatoms. The normalized spacial score (nSPS) is 13.3. The Labute approximate surface area is 167 Å². The number of H-pyrrole nitrogens is 1. The highest BCUT2D eigenvalue weighted by Gasteiger charge is 2.22. The van der Waals surface area contributed by atoms with Crippen LogP contribution in [0.15, 0.2) is 29.2 Å². The number of carbonyl (C=O) groups is 1. The van der Waals surface area contributed by atoms with Gasteiger partial charge in [-0.25, -0.2) is 0 Å². The molecule has 0 bridgehead atoms. The van der Waals surface area contributed by atoms with E-state index in [1.807, 2.05) is 24.8 Å². The van der Waals surface area contributed by atoms with E-state index in [4.69, 9.17) is 4.74 Å². The van der Waals surface area contributed by atoms with Crippen molar-refractivity contribution >= 4 is 22.9 Å². The molecule has 2 aromatic heterocycles. The second kappa shape index (κ2) is 7.67. The van der Waals surface area contributed by atoms with E-state index in [-0.39, 0.29) is 24.2 Å². The maximum absolute atomic E-state index is 12.3. The lowest BCUT2D eigenvalue weighted by Crippen LogP contribution is -2.28. The minimum atomic E-state index is -0.193. The third kappa shape index (κ3) is 4.00. The average Bonchev–Trinajstić information content (AvgIpc) is 3.28. The summed E-state index contributed by atoms with van der Waals surface area (Å²) in [5.41, 5.74) is 3.72. The van der Waals surface area contributed by atoms with Crippen molar-refractivity contribution in [3.8, 4) is 0 Å². The third-order valence-corrected chi connectivity index (χ3v) is 4.92. The number of nitrogens with zero attached hydrogens (tertiary/aromatic N) is 4. The van der Waals surface area contributed by atoms with Crippen molar-refractivity contribution in [2.24, 2.45) is 7.05 Å². The first-order chi connectivity index (χ1) is 13.9. The predicted molar refractivity (Wildman–Crippen MR) is 108 cm³/mol. The van der Waals surface area contributed by atoms with Gasteiger partial charge in [-0.05, 0) is 30.5 Å². The molecule has 1 aromatic carbocycles. The van der Waals surface area contributed by atoms with Gasteiger partial charge in [-0.1, -0.05) is 18.2 Å². The van der Waals surface area contributed by atoms with Crippen LogP contribution in [0.5, 0.6) is 0 Å². The van der Waals surface area contributed by atoms with E-state index >= 15 is 0 Å². The van der Waals surface area contributed by atoms with Crippen LogP contribution in [-0.4, -0.2) is 38.4 Å². The molecular formula is C20H24N6O3. The number of hydrogen-bond acceptors (Lipinski definition) is 6. The SMILES string of the molecule is CC(C)OCC(=O)NCc1ccc2c(c1)CN(c1nc3c(cnn3C)c(=O)[nH]1)C2. The van der Waals surface area contributed by atoms with Crippen molar-refractivity contribution in [1.29, 1.82) is 0 Å². The summed E-state index contributed by atoms with van der Waals surface area (Å²) in [4.78, 5) is 33.6. The largest absolute Gasteiger partial charge is 0.369 e. The van der Waals surface area contributed by atoms with Crippen LogP contribution in [0.25, 0.3) is 11.0 Å². The van der Waals surface area contributed by atoms with Crippen molar-refractivity contribution in [1.82, 2.24) is 25.1 Å². The minimum absolute atomic E-state index is 0.0253.